The summed E-state index contributed by atoms with van der Waals surface area (Å²) in [6.45, 7) is 5.57. The molecule has 0 saturated heterocycles. The van der Waals surface area contributed by atoms with Crippen molar-refractivity contribution in [3.8, 4) is 5.88 Å². The van der Waals surface area contributed by atoms with Crippen LogP contribution in [0.2, 0.25) is 0 Å². The Balaban J connectivity index is 2.69. The predicted molar refractivity (Wildman–Crippen MR) is 75.6 cm³/mol. The Morgan fingerprint density at radius 2 is 2.16 bits per heavy atom. The Hall–Kier alpha value is -1.40. The van der Waals surface area contributed by atoms with Gasteiger partial charge in [-0.3, -0.25) is 0 Å². The molecular weight excluding hydrogens is 244 g/mol. The van der Waals surface area contributed by atoms with Crippen LogP contribution in [-0.2, 0) is 4.74 Å². The second kappa shape index (κ2) is 9.52. The molecule has 0 bridgehead atoms. The van der Waals surface area contributed by atoms with Crippen LogP contribution in [0.25, 0.3) is 0 Å². The van der Waals surface area contributed by atoms with Crippen molar-refractivity contribution in [2.24, 2.45) is 5.73 Å². The average molecular weight is 268 g/mol. The molecule has 0 saturated carbocycles. The molecule has 1 aromatic heterocycles. The molecule has 0 radical (unpaired) electrons. The Bertz CT molecular complexity index is 341. The number of aromatic nitrogens is 2. The van der Waals surface area contributed by atoms with E-state index >= 15 is 0 Å². The average Bonchev–Trinajstić information content (AvgIpc) is 2.45. The Morgan fingerprint density at radius 1 is 1.32 bits per heavy atom. The van der Waals surface area contributed by atoms with Crippen LogP contribution in [0.15, 0.2) is 12.3 Å². The molecule has 0 atom stereocenters. The highest BCUT2D eigenvalue weighted by molar-refractivity contribution is 5.31. The largest absolute Gasteiger partial charge is 0.478 e. The minimum absolute atomic E-state index is 0.613. The van der Waals surface area contributed by atoms with E-state index in [1.807, 2.05) is 0 Å². The summed E-state index contributed by atoms with van der Waals surface area (Å²) in [4.78, 5) is 10.8. The molecule has 0 aliphatic heterocycles. The summed E-state index contributed by atoms with van der Waals surface area (Å²) in [5, 5.41) is 0. The van der Waals surface area contributed by atoms with E-state index in [0.29, 0.717) is 31.6 Å². The molecule has 6 nitrogen and oxygen atoms in total. The molecule has 0 aromatic carbocycles. The number of hydrogen-bond donors (Lipinski definition) is 1. The molecule has 0 aliphatic rings. The summed E-state index contributed by atoms with van der Waals surface area (Å²) >= 11 is 0. The second-order valence-electron chi connectivity index (χ2n) is 4.17. The lowest BCUT2D eigenvalue weighted by Gasteiger charge is -2.22. The molecule has 1 aromatic rings. The minimum Gasteiger partial charge on any atom is -0.478 e. The first-order valence-electron chi connectivity index (χ1n) is 6.71. The van der Waals surface area contributed by atoms with Gasteiger partial charge in [0, 0.05) is 32.5 Å². The summed E-state index contributed by atoms with van der Waals surface area (Å²) in [6, 6.07) is 1.77. The van der Waals surface area contributed by atoms with E-state index in [2.05, 4.69) is 21.8 Å². The maximum Gasteiger partial charge on any atom is 0.228 e. The van der Waals surface area contributed by atoms with Crippen LogP contribution in [0, 0.1) is 0 Å². The van der Waals surface area contributed by atoms with Gasteiger partial charge in [0.05, 0.1) is 13.2 Å². The Labute approximate surface area is 114 Å². The first-order chi connectivity index (χ1) is 9.31. The number of hydrogen-bond acceptors (Lipinski definition) is 6. The fourth-order valence-corrected chi connectivity index (χ4v) is 1.57. The zero-order valence-electron chi connectivity index (χ0n) is 11.8. The quantitative estimate of drug-likeness (QED) is 0.684. The number of nitrogens with two attached hydrogens (primary N) is 1. The molecule has 1 rings (SSSR count). The van der Waals surface area contributed by atoms with Crippen LogP contribution in [0.5, 0.6) is 5.88 Å². The highest BCUT2D eigenvalue weighted by Crippen LogP contribution is 2.13. The van der Waals surface area contributed by atoms with Gasteiger partial charge in [0.1, 0.15) is 0 Å². The van der Waals surface area contributed by atoms with Crippen molar-refractivity contribution < 1.29 is 9.47 Å². The van der Waals surface area contributed by atoms with Gasteiger partial charge in [-0.15, -0.1) is 0 Å². The summed E-state index contributed by atoms with van der Waals surface area (Å²) in [5.41, 5.74) is 5.56. The molecule has 108 valence electrons. The predicted octanol–water partition coefficient (Wildman–Crippen LogP) is 1.07. The van der Waals surface area contributed by atoms with E-state index in [1.54, 1.807) is 19.4 Å². The number of nitrogens with zero attached hydrogens (tertiary/aromatic N) is 3. The maximum atomic E-state index is 5.56. The van der Waals surface area contributed by atoms with E-state index in [0.717, 1.165) is 25.9 Å². The highest BCUT2D eigenvalue weighted by Gasteiger charge is 2.10. The van der Waals surface area contributed by atoms with Gasteiger partial charge in [-0.25, -0.2) is 4.98 Å². The Kier molecular flexibility index (Phi) is 7.84. The van der Waals surface area contributed by atoms with E-state index in [4.69, 9.17) is 15.2 Å². The van der Waals surface area contributed by atoms with Crippen molar-refractivity contribution >= 4 is 5.95 Å². The monoisotopic (exact) mass is 268 g/mol. The maximum absolute atomic E-state index is 5.56. The number of ether oxygens (including phenoxy) is 2. The van der Waals surface area contributed by atoms with Crippen LogP contribution in [0.1, 0.15) is 19.8 Å². The van der Waals surface area contributed by atoms with Crippen LogP contribution in [0.3, 0.4) is 0 Å². The van der Waals surface area contributed by atoms with Gasteiger partial charge >= 0.3 is 0 Å². The van der Waals surface area contributed by atoms with Crippen molar-refractivity contribution in [3.63, 3.8) is 0 Å². The van der Waals surface area contributed by atoms with E-state index < -0.39 is 0 Å². The molecule has 1 heterocycles. The van der Waals surface area contributed by atoms with Crippen molar-refractivity contribution in [1.29, 1.82) is 0 Å². The molecule has 0 fully saturated rings. The standard InChI is InChI=1S/C13H24N4O2/c1-3-10-19-12-5-7-15-13(16-12)17(8-4-6-14)9-11-18-2/h5,7H,3-4,6,8-11,14H2,1-2H3. The summed E-state index contributed by atoms with van der Waals surface area (Å²) < 4.78 is 10.6. The van der Waals surface area contributed by atoms with E-state index in [1.165, 1.54) is 0 Å². The van der Waals surface area contributed by atoms with Crippen LogP contribution < -0.4 is 15.4 Å². The van der Waals surface area contributed by atoms with Gasteiger partial charge in [-0.05, 0) is 19.4 Å². The molecule has 2 N–H and O–H groups in total. The van der Waals surface area contributed by atoms with Crippen LogP contribution in [0.4, 0.5) is 5.95 Å². The normalized spacial score (nSPS) is 10.5. The van der Waals surface area contributed by atoms with Crippen molar-refractivity contribution in [2.45, 2.75) is 19.8 Å². The topological polar surface area (TPSA) is 73.5 Å². The van der Waals surface area contributed by atoms with Crippen LogP contribution >= 0.6 is 0 Å². The van der Waals surface area contributed by atoms with E-state index in [9.17, 15) is 0 Å². The van der Waals surface area contributed by atoms with Gasteiger partial charge in [-0.1, -0.05) is 6.92 Å². The number of methoxy groups -OCH3 is 1. The first kappa shape index (κ1) is 15.7. The first-order valence-corrected chi connectivity index (χ1v) is 6.71. The second-order valence-corrected chi connectivity index (χ2v) is 4.17. The Morgan fingerprint density at radius 3 is 2.84 bits per heavy atom. The van der Waals surface area contributed by atoms with Crippen molar-refractivity contribution in [2.75, 3.05) is 44.9 Å². The third-order valence-electron chi connectivity index (χ3n) is 2.55. The molecule has 0 spiro atoms. The molecular formula is C13H24N4O2. The third-order valence-corrected chi connectivity index (χ3v) is 2.55. The lowest BCUT2D eigenvalue weighted by molar-refractivity contribution is 0.204. The third kappa shape index (κ3) is 5.85. The lowest BCUT2D eigenvalue weighted by Crippen LogP contribution is -2.31. The zero-order valence-corrected chi connectivity index (χ0v) is 11.8. The van der Waals surface area contributed by atoms with Gasteiger partial charge in [0.25, 0.3) is 0 Å². The van der Waals surface area contributed by atoms with Gasteiger partial charge in [0.15, 0.2) is 0 Å². The molecule has 6 heteroatoms. The summed E-state index contributed by atoms with van der Waals surface area (Å²) in [5.74, 6) is 1.28. The zero-order chi connectivity index (χ0) is 13.9. The molecule has 19 heavy (non-hydrogen) atoms. The SMILES string of the molecule is CCCOc1ccnc(N(CCCN)CCOC)n1. The smallest absolute Gasteiger partial charge is 0.228 e. The molecule has 0 unspecified atom stereocenters. The minimum atomic E-state index is 0.613. The van der Waals surface area contributed by atoms with Gasteiger partial charge < -0.3 is 20.1 Å². The van der Waals surface area contributed by atoms with E-state index in [-0.39, 0.29) is 0 Å². The molecule has 0 amide bonds. The fraction of sp³-hybridized carbons (Fsp3) is 0.692. The lowest BCUT2D eigenvalue weighted by atomic mass is 10.4. The number of anilines is 1. The fourth-order valence-electron chi connectivity index (χ4n) is 1.57. The van der Waals surface area contributed by atoms with Crippen molar-refractivity contribution in [3.05, 3.63) is 12.3 Å². The number of rotatable bonds is 10. The van der Waals surface area contributed by atoms with Gasteiger partial charge in [0.2, 0.25) is 11.8 Å². The summed E-state index contributed by atoms with van der Waals surface area (Å²) in [6.07, 6.45) is 3.57. The molecule has 0 aliphatic carbocycles. The van der Waals surface area contributed by atoms with Gasteiger partial charge in [-0.2, -0.15) is 4.98 Å². The highest BCUT2D eigenvalue weighted by atomic mass is 16.5. The van der Waals surface area contributed by atoms with Crippen molar-refractivity contribution in [1.82, 2.24) is 9.97 Å². The van der Waals surface area contributed by atoms with Crippen LogP contribution in [-0.4, -0.2) is 49.9 Å². The summed E-state index contributed by atoms with van der Waals surface area (Å²) in [7, 11) is 1.68.